The van der Waals surface area contributed by atoms with Crippen molar-refractivity contribution in [1.29, 1.82) is 0 Å². The largest absolute Gasteiger partial charge is 0.507 e. The third-order valence-electron chi connectivity index (χ3n) is 6.88. The van der Waals surface area contributed by atoms with E-state index in [4.69, 9.17) is 10.5 Å². The number of ether oxygens (including phenoxy) is 1. The highest BCUT2D eigenvalue weighted by Crippen LogP contribution is 2.50. The Morgan fingerprint density at radius 3 is 2.50 bits per heavy atom. The average Bonchev–Trinajstić information content (AvgIpc) is 2.78. The molecule has 1 fully saturated rings. The zero-order valence-corrected chi connectivity index (χ0v) is 20.3. The number of carbonyl (C=O) groups excluding carboxylic acids is 4. The molecule has 0 radical (unpaired) electrons. The summed E-state index contributed by atoms with van der Waals surface area (Å²) in [5.41, 5.74) is 2.40. The summed E-state index contributed by atoms with van der Waals surface area (Å²) in [6.45, 7) is 1.20. The highest BCUT2D eigenvalue weighted by atomic mass is 16.5. The maximum absolute atomic E-state index is 13.7. The molecule has 0 aliphatic heterocycles. The zero-order chi connectivity index (χ0) is 26.9. The van der Waals surface area contributed by atoms with Gasteiger partial charge in [-0.15, -0.1) is 0 Å². The number of benzene rings is 1. The first-order valence-electron chi connectivity index (χ1n) is 11.5. The summed E-state index contributed by atoms with van der Waals surface area (Å²) < 4.78 is 4.80. The van der Waals surface area contributed by atoms with Crippen LogP contribution >= 0.6 is 0 Å². The molecule has 0 aromatic heterocycles. The van der Waals surface area contributed by atoms with E-state index in [-0.39, 0.29) is 36.3 Å². The van der Waals surface area contributed by atoms with Crippen molar-refractivity contribution in [3.05, 3.63) is 28.8 Å². The standard InChI is InChI=1S/C24H31N3O9/c1-4-36-23(34)26-14-6-5-11-7-12-8-13(15(10-28)27(2)3)24(35,16(29)9-17(25)30)22(33)19(12)21(32)18(11)20(14)31/h5-6,12-13,15,28,31-32,35H,4,7-10H2,1-3H3,(H2,25,30)(H,26,34)/t12-,13-,15+,24+/m0/s1. The molecule has 0 saturated heterocycles. The molecule has 196 valence electrons. The number of ketones is 2. The number of aliphatic hydroxyl groups excluding tert-OH is 2. The van der Waals surface area contributed by atoms with Gasteiger partial charge in [0.15, 0.2) is 11.4 Å². The molecule has 12 heteroatoms. The summed E-state index contributed by atoms with van der Waals surface area (Å²) >= 11 is 0. The SMILES string of the molecule is CCOC(=O)Nc1ccc2c(c1O)C(O)=C1C(=O)[C@](O)(C(=O)CC(N)=O)[C@H]([C@@H](CO)N(C)C)C[C@@H]1C2. The third kappa shape index (κ3) is 4.54. The number of hydrogen-bond acceptors (Lipinski definition) is 10. The van der Waals surface area contributed by atoms with Crippen LogP contribution in [0.3, 0.4) is 0 Å². The summed E-state index contributed by atoms with van der Waals surface area (Å²) in [6.07, 6.45) is -1.58. The maximum atomic E-state index is 13.7. The van der Waals surface area contributed by atoms with Crippen molar-refractivity contribution in [1.82, 2.24) is 4.90 Å². The molecule has 1 aromatic carbocycles. The summed E-state index contributed by atoms with van der Waals surface area (Å²) in [4.78, 5) is 51.6. The van der Waals surface area contributed by atoms with E-state index in [1.165, 1.54) is 6.07 Å². The van der Waals surface area contributed by atoms with Gasteiger partial charge in [0.25, 0.3) is 0 Å². The summed E-state index contributed by atoms with van der Waals surface area (Å²) in [6, 6.07) is 2.16. The van der Waals surface area contributed by atoms with Crippen molar-refractivity contribution in [2.75, 3.05) is 32.6 Å². The Morgan fingerprint density at radius 2 is 1.94 bits per heavy atom. The van der Waals surface area contributed by atoms with Gasteiger partial charge < -0.3 is 35.8 Å². The lowest BCUT2D eigenvalue weighted by Crippen LogP contribution is -2.64. The Bertz CT molecular complexity index is 1130. The molecule has 36 heavy (non-hydrogen) atoms. The molecule has 0 heterocycles. The van der Waals surface area contributed by atoms with Gasteiger partial charge in [0.05, 0.1) is 30.9 Å². The molecule has 0 unspecified atom stereocenters. The number of primary amides is 1. The van der Waals surface area contributed by atoms with E-state index in [2.05, 4.69) is 5.32 Å². The molecular weight excluding hydrogens is 474 g/mol. The van der Waals surface area contributed by atoms with Crippen molar-refractivity contribution >= 4 is 35.0 Å². The highest BCUT2D eigenvalue weighted by Gasteiger charge is 2.60. The van der Waals surface area contributed by atoms with E-state index in [9.17, 15) is 39.6 Å². The van der Waals surface area contributed by atoms with Crippen molar-refractivity contribution in [3.63, 3.8) is 0 Å². The fraction of sp³-hybridized carbons (Fsp3) is 0.500. The number of phenolic OH excluding ortho intramolecular Hbond substituents is 1. The predicted molar refractivity (Wildman–Crippen MR) is 127 cm³/mol. The monoisotopic (exact) mass is 505 g/mol. The molecule has 2 aliphatic rings. The van der Waals surface area contributed by atoms with Crippen molar-refractivity contribution in [2.24, 2.45) is 17.6 Å². The van der Waals surface area contributed by atoms with Crippen LogP contribution < -0.4 is 11.1 Å². The lowest BCUT2D eigenvalue weighted by atomic mass is 9.60. The number of hydrogen-bond donors (Lipinski definition) is 6. The molecular formula is C24H31N3O9. The lowest BCUT2D eigenvalue weighted by Gasteiger charge is -2.47. The van der Waals surface area contributed by atoms with E-state index < -0.39 is 71.6 Å². The minimum absolute atomic E-state index is 0.0125. The summed E-state index contributed by atoms with van der Waals surface area (Å²) in [5.74, 6) is -6.25. The molecule has 3 rings (SSSR count). The number of Topliss-reactive ketones (excluding diaryl/α,β-unsaturated/α-hetero) is 2. The van der Waals surface area contributed by atoms with Crippen LogP contribution in [0.5, 0.6) is 5.75 Å². The average molecular weight is 506 g/mol. The van der Waals surface area contributed by atoms with Gasteiger partial charge in [-0.3, -0.25) is 19.7 Å². The van der Waals surface area contributed by atoms with Gasteiger partial charge in [-0.2, -0.15) is 0 Å². The number of rotatable bonds is 8. The van der Waals surface area contributed by atoms with Crippen LogP contribution in [0.4, 0.5) is 10.5 Å². The number of likely N-dealkylation sites (N-methyl/N-ethyl adjacent to an activating group) is 1. The van der Waals surface area contributed by atoms with Gasteiger partial charge in [0.1, 0.15) is 11.5 Å². The van der Waals surface area contributed by atoms with Gasteiger partial charge >= 0.3 is 6.09 Å². The van der Waals surface area contributed by atoms with Gasteiger partial charge in [-0.25, -0.2) is 4.79 Å². The van der Waals surface area contributed by atoms with E-state index in [0.717, 1.165) is 0 Å². The predicted octanol–water partition coefficient (Wildman–Crippen LogP) is 0.0891. The molecule has 1 aromatic rings. The molecule has 7 N–H and O–H groups in total. The molecule has 0 spiro atoms. The number of carbonyl (C=O) groups is 4. The quantitative estimate of drug-likeness (QED) is 0.208. The highest BCUT2D eigenvalue weighted by molar-refractivity contribution is 6.23. The first-order valence-corrected chi connectivity index (χ1v) is 11.5. The van der Waals surface area contributed by atoms with Crippen LogP contribution in [-0.2, 0) is 25.5 Å². The van der Waals surface area contributed by atoms with E-state index >= 15 is 0 Å². The zero-order valence-electron chi connectivity index (χ0n) is 20.3. The normalized spacial score (nSPS) is 24.1. The number of fused-ring (bicyclic) bond motifs is 2. The first kappa shape index (κ1) is 27.1. The number of nitrogens with one attached hydrogen (secondary N) is 1. The second-order valence-electron chi connectivity index (χ2n) is 9.22. The number of nitrogens with zero attached hydrogens (tertiary/aromatic N) is 1. The van der Waals surface area contributed by atoms with Crippen LogP contribution in [0.15, 0.2) is 17.7 Å². The topological polar surface area (TPSA) is 200 Å². The fourth-order valence-electron chi connectivity index (χ4n) is 5.20. The van der Waals surface area contributed by atoms with Crippen LogP contribution in [0.2, 0.25) is 0 Å². The Labute approximate surface area is 207 Å². The van der Waals surface area contributed by atoms with E-state index in [0.29, 0.717) is 5.56 Å². The third-order valence-corrected chi connectivity index (χ3v) is 6.88. The fourth-order valence-corrected chi connectivity index (χ4v) is 5.20. The molecule has 0 bridgehead atoms. The molecule has 4 atom stereocenters. The van der Waals surface area contributed by atoms with Gasteiger partial charge in [-0.1, -0.05) is 6.07 Å². The first-order chi connectivity index (χ1) is 16.9. The number of aliphatic hydroxyl groups is 3. The Balaban J connectivity index is 2.16. The van der Waals surface area contributed by atoms with Crippen LogP contribution in [0.1, 0.15) is 30.9 Å². The molecule has 2 aliphatic carbocycles. The number of anilines is 1. The molecule has 1 saturated carbocycles. The number of phenols is 1. The van der Waals surface area contributed by atoms with Crippen molar-refractivity contribution in [3.8, 4) is 5.75 Å². The lowest BCUT2D eigenvalue weighted by molar-refractivity contribution is -0.163. The van der Waals surface area contributed by atoms with Gasteiger partial charge in [0, 0.05) is 17.5 Å². The van der Waals surface area contributed by atoms with E-state index in [1.807, 2.05) is 0 Å². The number of nitrogens with two attached hydrogens (primary N) is 1. The minimum Gasteiger partial charge on any atom is -0.507 e. The van der Waals surface area contributed by atoms with Crippen molar-refractivity contribution in [2.45, 2.75) is 37.8 Å². The second-order valence-corrected chi connectivity index (χ2v) is 9.22. The smallest absolute Gasteiger partial charge is 0.411 e. The minimum atomic E-state index is -2.75. The Hall–Kier alpha value is -3.48. The Morgan fingerprint density at radius 1 is 1.28 bits per heavy atom. The molecule has 2 amide bonds. The Kier molecular flexibility index (Phi) is 7.72. The number of amides is 2. The molecule has 12 nitrogen and oxygen atoms in total. The van der Waals surface area contributed by atoms with Crippen LogP contribution in [0.25, 0.3) is 5.76 Å². The van der Waals surface area contributed by atoms with Crippen LogP contribution in [-0.4, -0.2) is 87.8 Å². The van der Waals surface area contributed by atoms with Gasteiger partial charge in [0.2, 0.25) is 11.7 Å². The number of aromatic hydroxyl groups is 1. The second kappa shape index (κ2) is 10.2. The van der Waals surface area contributed by atoms with Gasteiger partial charge in [-0.05, 0) is 51.4 Å². The summed E-state index contributed by atoms with van der Waals surface area (Å²) in [5, 5.41) is 45.8. The van der Waals surface area contributed by atoms with E-state index in [1.54, 1.807) is 32.0 Å². The maximum Gasteiger partial charge on any atom is 0.411 e. The van der Waals surface area contributed by atoms with Crippen molar-refractivity contribution < 1.29 is 44.3 Å². The summed E-state index contributed by atoms with van der Waals surface area (Å²) in [7, 11) is 3.22. The van der Waals surface area contributed by atoms with Crippen LogP contribution in [0, 0.1) is 11.8 Å².